The van der Waals surface area contributed by atoms with E-state index >= 15 is 0 Å². The first-order valence-corrected chi connectivity index (χ1v) is 18.3. The quantitative estimate of drug-likeness (QED) is 0.383. The lowest BCUT2D eigenvalue weighted by Gasteiger charge is -2.37. The van der Waals surface area contributed by atoms with Crippen LogP contribution in [0.25, 0.3) is 0 Å². The van der Waals surface area contributed by atoms with Crippen LogP contribution in [-0.4, -0.2) is 34.6 Å². The van der Waals surface area contributed by atoms with Crippen LogP contribution < -0.4 is 18.3 Å². The molecule has 0 aromatic heterocycles. The lowest BCUT2D eigenvalue weighted by Crippen LogP contribution is -2.44. The van der Waals surface area contributed by atoms with E-state index in [2.05, 4.69) is 67.7 Å². The zero-order chi connectivity index (χ0) is 27.3. The van der Waals surface area contributed by atoms with Crippen molar-refractivity contribution in [3.05, 3.63) is 41.5 Å². The van der Waals surface area contributed by atoms with E-state index in [9.17, 15) is 9.90 Å². The fraction of sp³-hybridized carbons (Fsp3) is 0.536. The van der Waals surface area contributed by atoms with E-state index in [4.69, 9.17) is 18.3 Å². The van der Waals surface area contributed by atoms with Gasteiger partial charge in [0.05, 0.1) is 13.5 Å². The summed E-state index contributed by atoms with van der Waals surface area (Å²) >= 11 is 0. The predicted octanol–water partition coefficient (Wildman–Crippen LogP) is 7.88. The number of Topliss-reactive ketones (excluding diaryl/α,β-unsaturated/α-hetero) is 1. The average Bonchev–Trinajstić information content (AvgIpc) is 2.70. The molecule has 1 N–H and O–H groups in total. The van der Waals surface area contributed by atoms with Crippen LogP contribution >= 0.6 is 0 Å². The Kier molecular flexibility index (Phi) is 7.38. The molecule has 2 aromatic carbocycles. The second-order valence-corrected chi connectivity index (χ2v) is 22.1. The van der Waals surface area contributed by atoms with E-state index in [1.165, 1.54) is 6.07 Å². The number of ether oxygens (including phenoxy) is 2. The Hall–Kier alpha value is -2.46. The van der Waals surface area contributed by atoms with Crippen LogP contribution in [0, 0.1) is 0 Å². The number of hydrogen-bond acceptors (Lipinski definition) is 6. The molecule has 36 heavy (non-hydrogen) atoms. The molecule has 6 nitrogen and oxygen atoms in total. The van der Waals surface area contributed by atoms with Crippen molar-refractivity contribution in [2.75, 3.05) is 7.11 Å². The molecule has 1 heterocycles. The second kappa shape index (κ2) is 9.45. The van der Waals surface area contributed by atoms with E-state index in [0.717, 1.165) is 5.56 Å². The highest BCUT2D eigenvalue weighted by atomic mass is 28.4. The van der Waals surface area contributed by atoms with Gasteiger partial charge in [0.1, 0.15) is 34.7 Å². The van der Waals surface area contributed by atoms with Gasteiger partial charge in [-0.15, -0.1) is 0 Å². The first-order valence-electron chi connectivity index (χ1n) is 12.5. The number of phenols is 1. The number of benzene rings is 2. The van der Waals surface area contributed by atoms with Gasteiger partial charge < -0.3 is 23.4 Å². The molecular weight excluding hydrogens is 488 g/mol. The molecule has 0 aliphatic carbocycles. The van der Waals surface area contributed by atoms with Crippen molar-refractivity contribution >= 4 is 22.4 Å². The summed E-state index contributed by atoms with van der Waals surface area (Å²) in [6.07, 6.45) is -0.394. The Bertz CT molecular complexity index is 1140. The largest absolute Gasteiger partial charge is 0.543 e. The van der Waals surface area contributed by atoms with Crippen molar-refractivity contribution < 1.29 is 28.2 Å². The number of methoxy groups -OCH3 is 1. The van der Waals surface area contributed by atoms with Crippen molar-refractivity contribution in [1.82, 2.24) is 0 Å². The van der Waals surface area contributed by atoms with Gasteiger partial charge in [-0.1, -0.05) is 47.6 Å². The van der Waals surface area contributed by atoms with Crippen molar-refractivity contribution in [2.24, 2.45) is 0 Å². The maximum absolute atomic E-state index is 13.1. The Morgan fingerprint density at radius 3 is 2.03 bits per heavy atom. The van der Waals surface area contributed by atoms with E-state index in [0.29, 0.717) is 23.0 Å². The molecule has 1 aliphatic rings. The number of rotatable bonds is 6. The molecule has 2 aromatic rings. The number of aromatic hydroxyl groups is 1. The Balaban J connectivity index is 1.97. The van der Waals surface area contributed by atoms with Gasteiger partial charge in [0, 0.05) is 12.1 Å². The lowest BCUT2D eigenvalue weighted by atomic mass is 9.95. The first-order chi connectivity index (χ1) is 16.4. The van der Waals surface area contributed by atoms with Crippen LogP contribution in [-0.2, 0) is 0 Å². The predicted molar refractivity (Wildman–Crippen MR) is 149 cm³/mol. The number of carbonyl (C=O) groups is 1. The molecule has 1 aliphatic heterocycles. The van der Waals surface area contributed by atoms with Gasteiger partial charge in [0.15, 0.2) is 11.5 Å². The van der Waals surface area contributed by atoms with Crippen molar-refractivity contribution in [1.29, 1.82) is 0 Å². The molecule has 0 unspecified atom stereocenters. The third kappa shape index (κ3) is 5.59. The molecule has 3 rings (SSSR count). The molecule has 0 fully saturated rings. The van der Waals surface area contributed by atoms with Gasteiger partial charge in [-0.25, -0.2) is 0 Å². The van der Waals surface area contributed by atoms with Crippen LogP contribution in [0.5, 0.6) is 28.7 Å². The third-order valence-corrected chi connectivity index (χ3v) is 16.6. The summed E-state index contributed by atoms with van der Waals surface area (Å²) in [5.41, 5.74) is 1.03. The molecule has 0 amide bonds. The fourth-order valence-corrected chi connectivity index (χ4v) is 5.54. The number of carbonyl (C=O) groups excluding carboxylic acids is 1. The van der Waals surface area contributed by atoms with Crippen LogP contribution in [0.2, 0.25) is 36.3 Å². The van der Waals surface area contributed by atoms with Crippen LogP contribution in [0.1, 0.15) is 70.0 Å². The number of ketones is 1. The third-order valence-electron chi connectivity index (χ3n) is 7.88. The fourth-order valence-electron chi connectivity index (χ4n) is 3.51. The maximum atomic E-state index is 13.1. The Morgan fingerprint density at radius 1 is 0.889 bits per heavy atom. The van der Waals surface area contributed by atoms with Crippen molar-refractivity contribution in [3.8, 4) is 28.7 Å². The zero-order valence-corrected chi connectivity index (χ0v) is 25.7. The standard InChI is InChI=1S/C28H42O6Si2/c1-27(2,3)35(8,9)33-19-15-20(29)26-21(30)17-23(32-25(26)16-19)18-12-13-22(31-7)24(14-18)34-36(10,11)28(4,5)6/h12-16,23,29H,17H2,1-11H3/t23-/m0/s1. The summed E-state index contributed by atoms with van der Waals surface area (Å²) in [5.74, 6) is 1.88. The molecule has 1 atom stereocenters. The highest BCUT2D eigenvalue weighted by molar-refractivity contribution is 6.75. The second-order valence-electron chi connectivity index (χ2n) is 12.7. The minimum absolute atomic E-state index is 0.0125. The van der Waals surface area contributed by atoms with Gasteiger partial charge in [0.2, 0.25) is 8.32 Å². The van der Waals surface area contributed by atoms with Gasteiger partial charge in [0.25, 0.3) is 8.32 Å². The molecule has 0 saturated heterocycles. The first kappa shape index (κ1) is 28.1. The lowest BCUT2D eigenvalue weighted by molar-refractivity contribution is 0.0844. The molecule has 0 saturated carbocycles. The highest BCUT2D eigenvalue weighted by Crippen LogP contribution is 2.46. The molecular formula is C28H42O6Si2. The monoisotopic (exact) mass is 530 g/mol. The number of hydrogen-bond donors (Lipinski definition) is 1. The SMILES string of the molecule is COc1ccc([C@@H]2CC(=O)c3c(O)cc(O[Si](C)(C)C(C)(C)C)cc3O2)cc1O[Si](C)(C)C(C)(C)C. The summed E-state index contributed by atoms with van der Waals surface area (Å²) in [4.78, 5) is 13.1. The number of fused-ring (bicyclic) bond motifs is 1. The van der Waals surface area contributed by atoms with E-state index in [-0.39, 0.29) is 33.6 Å². The maximum Gasteiger partial charge on any atom is 0.250 e. The topological polar surface area (TPSA) is 74.2 Å². The smallest absolute Gasteiger partial charge is 0.250 e. The highest BCUT2D eigenvalue weighted by Gasteiger charge is 2.41. The Morgan fingerprint density at radius 2 is 1.47 bits per heavy atom. The van der Waals surface area contributed by atoms with Crippen molar-refractivity contribution in [3.63, 3.8) is 0 Å². The van der Waals surface area contributed by atoms with Crippen molar-refractivity contribution in [2.45, 2.75) is 90.3 Å². The molecule has 0 bridgehead atoms. The minimum Gasteiger partial charge on any atom is -0.543 e. The van der Waals surface area contributed by atoms with Gasteiger partial charge >= 0.3 is 0 Å². The minimum atomic E-state index is -2.15. The molecule has 0 radical (unpaired) electrons. The van der Waals surface area contributed by atoms with Gasteiger partial charge in [-0.2, -0.15) is 0 Å². The summed E-state index contributed by atoms with van der Waals surface area (Å²) in [5, 5.41) is 10.7. The molecule has 0 spiro atoms. The summed E-state index contributed by atoms with van der Waals surface area (Å²) in [7, 11) is -2.65. The number of phenolic OH excluding ortho intramolecular Hbond substituents is 1. The van der Waals surface area contributed by atoms with E-state index in [1.807, 2.05) is 18.2 Å². The summed E-state index contributed by atoms with van der Waals surface area (Å²) < 4.78 is 24.8. The van der Waals surface area contributed by atoms with Crippen LogP contribution in [0.15, 0.2) is 30.3 Å². The summed E-state index contributed by atoms with van der Waals surface area (Å²) in [6, 6.07) is 8.93. The van der Waals surface area contributed by atoms with Gasteiger partial charge in [-0.05, 0) is 54.0 Å². The van der Waals surface area contributed by atoms with E-state index in [1.54, 1.807) is 13.2 Å². The normalized spacial score (nSPS) is 16.8. The van der Waals surface area contributed by atoms with Crippen LogP contribution in [0.4, 0.5) is 0 Å². The molecule has 8 heteroatoms. The Labute approximate surface area is 218 Å². The van der Waals surface area contributed by atoms with Gasteiger partial charge in [-0.3, -0.25) is 4.79 Å². The molecule has 198 valence electrons. The van der Waals surface area contributed by atoms with Crippen LogP contribution in [0.3, 0.4) is 0 Å². The average molecular weight is 531 g/mol. The summed E-state index contributed by atoms with van der Waals surface area (Å²) in [6.45, 7) is 21.7. The van der Waals surface area contributed by atoms with E-state index < -0.39 is 22.7 Å². The zero-order valence-electron chi connectivity index (χ0n) is 23.7.